The second-order valence-corrected chi connectivity index (χ2v) is 5.95. The maximum absolute atomic E-state index is 11.9. The number of hydrogen-bond donors (Lipinski definition) is 2. The molecule has 1 amide bonds. The first-order valence-corrected chi connectivity index (χ1v) is 7.65. The van der Waals surface area contributed by atoms with Gasteiger partial charge < -0.3 is 10.6 Å². The first-order chi connectivity index (χ1) is 10.5. The van der Waals surface area contributed by atoms with Crippen LogP contribution in [0.5, 0.6) is 0 Å². The fraction of sp³-hybridized carbons (Fsp3) is 0.294. The van der Waals surface area contributed by atoms with E-state index in [2.05, 4.69) is 29.5 Å². The number of nitrogens with one attached hydrogen (secondary N) is 2. The molecule has 0 saturated heterocycles. The molecule has 0 fully saturated rings. The molecule has 1 heterocycles. The quantitative estimate of drug-likeness (QED) is 0.853. The van der Waals surface area contributed by atoms with Crippen LogP contribution in [0.1, 0.15) is 29.9 Å². The third-order valence-electron chi connectivity index (χ3n) is 3.08. The predicted molar refractivity (Wildman–Crippen MR) is 90.2 cm³/mol. The topological polar surface area (TPSA) is 54.0 Å². The number of anilines is 1. The van der Waals surface area contributed by atoms with Crippen LogP contribution < -0.4 is 10.6 Å². The van der Waals surface area contributed by atoms with Gasteiger partial charge in [-0.3, -0.25) is 4.79 Å². The predicted octanol–water partition coefficient (Wildman–Crippen LogP) is 3.73. The van der Waals surface area contributed by atoms with Gasteiger partial charge in [0, 0.05) is 18.1 Å². The van der Waals surface area contributed by atoms with Crippen LogP contribution in [0.15, 0.2) is 42.6 Å². The number of halogens is 1. The lowest BCUT2D eigenvalue weighted by molar-refractivity contribution is 0.0944. The van der Waals surface area contributed by atoms with Gasteiger partial charge in [0.2, 0.25) is 0 Å². The fourth-order valence-corrected chi connectivity index (χ4v) is 1.95. The molecule has 0 bridgehead atoms. The fourth-order valence-electron chi connectivity index (χ4n) is 1.83. The van der Waals surface area contributed by atoms with Crippen molar-refractivity contribution in [3.05, 3.63) is 58.9 Å². The molecule has 2 aromatic rings. The van der Waals surface area contributed by atoms with Crippen LogP contribution in [-0.2, 0) is 6.54 Å². The Morgan fingerprint density at radius 3 is 2.50 bits per heavy atom. The van der Waals surface area contributed by atoms with Crippen molar-refractivity contribution in [1.82, 2.24) is 10.3 Å². The van der Waals surface area contributed by atoms with Gasteiger partial charge in [-0.1, -0.05) is 37.6 Å². The molecule has 0 aliphatic heterocycles. The smallest absolute Gasteiger partial charge is 0.269 e. The minimum absolute atomic E-state index is 0.141. The van der Waals surface area contributed by atoms with E-state index in [1.54, 1.807) is 12.3 Å². The number of hydrogen-bond acceptors (Lipinski definition) is 3. The third-order valence-corrected chi connectivity index (χ3v) is 3.33. The molecule has 0 aliphatic carbocycles. The van der Waals surface area contributed by atoms with Gasteiger partial charge in [0.05, 0.1) is 11.9 Å². The van der Waals surface area contributed by atoms with Crippen LogP contribution in [0.3, 0.4) is 0 Å². The van der Waals surface area contributed by atoms with Crippen LogP contribution in [0.2, 0.25) is 5.02 Å². The number of benzene rings is 1. The zero-order valence-corrected chi connectivity index (χ0v) is 13.5. The average molecular weight is 318 g/mol. The summed E-state index contributed by atoms with van der Waals surface area (Å²) in [5.41, 5.74) is 2.43. The molecule has 0 unspecified atom stereocenters. The molecule has 2 N–H and O–H groups in total. The van der Waals surface area contributed by atoms with Gasteiger partial charge >= 0.3 is 0 Å². The summed E-state index contributed by atoms with van der Waals surface area (Å²) < 4.78 is 0. The maximum atomic E-state index is 11.9. The summed E-state index contributed by atoms with van der Waals surface area (Å²) in [4.78, 5) is 16.1. The van der Waals surface area contributed by atoms with Crippen LogP contribution in [0.25, 0.3) is 0 Å². The van der Waals surface area contributed by atoms with Gasteiger partial charge in [0.25, 0.3) is 5.91 Å². The lowest BCUT2D eigenvalue weighted by Crippen LogP contribution is -2.27. The largest absolute Gasteiger partial charge is 0.380 e. The normalized spacial score (nSPS) is 10.5. The van der Waals surface area contributed by atoms with Gasteiger partial charge in [0.15, 0.2) is 0 Å². The summed E-state index contributed by atoms with van der Waals surface area (Å²) in [6.07, 6.45) is 1.67. The van der Waals surface area contributed by atoms with E-state index in [1.165, 1.54) is 0 Å². The van der Waals surface area contributed by atoms with Crippen LogP contribution >= 0.6 is 11.6 Å². The minimum atomic E-state index is -0.141. The molecule has 0 aliphatic rings. The van der Waals surface area contributed by atoms with E-state index in [-0.39, 0.29) is 5.91 Å². The molecule has 5 heteroatoms. The van der Waals surface area contributed by atoms with Crippen LogP contribution in [-0.4, -0.2) is 17.4 Å². The lowest BCUT2D eigenvalue weighted by atomic mass is 10.2. The second kappa shape index (κ2) is 7.80. The van der Waals surface area contributed by atoms with E-state index in [4.69, 9.17) is 11.6 Å². The van der Waals surface area contributed by atoms with E-state index in [9.17, 15) is 4.79 Å². The van der Waals surface area contributed by atoms with Crippen LogP contribution in [0.4, 0.5) is 5.69 Å². The monoisotopic (exact) mass is 317 g/mol. The number of rotatable bonds is 6. The average Bonchev–Trinajstić information content (AvgIpc) is 2.52. The van der Waals surface area contributed by atoms with Crippen molar-refractivity contribution < 1.29 is 4.79 Å². The molecule has 4 nitrogen and oxygen atoms in total. The number of carbonyl (C=O) groups excluding carboxylic acids is 1. The minimum Gasteiger partial charge on any atom is -0.380 e. The van der Waals surface area contributed by atoms with Crippen molar-refractivity contribution in [2.24, 2.45) is 5.92 Å². The Bertz CT molecular complexity index is 609. The Morgan fingerprint density at radius 1 is 1.18 bits per heavy atom. The molecule has 116 valence electrons. The number of aromatic nitrogens is 1. The standard InChI is InChI=1S/C17H20ClN3O/c1-12(2)9-21-17(22)16-8-7-15(11-20-16)19-10-13-3-5-14(18)6-4-13/h3-8,11-12,19H,9-10H2,1-2H3,(H,21,22). The Kier molecular flexibility index (Phi) is 5.78. The molecule has 2 rings (SSSR count). The van der Waals surface area contributed by atoms with Crippen molar-refractivity contribution in [2.75, 3.05) is 11.9 Å². The molecule has 0 atom stereocenters. The Balaban J connectivity index is 1.88. The highest BCUT2D eigenvalue weighted by atomic mass is 35.5. The molecule has 0 saturated carbocycles. The number of pyridine rings is 1. The number of nitrogens with zero attached hydrogens (tertiary/aromatic N) is 1. The second-order valence-electron chi connectivity index (χ2n) is 5.52. The highest BCUT2D eigenvalue weighted by Gasteiger charge is 2.07. The van der Waals surface area contributed by atoms with Gasteiger partial charge in [-0.2, -0.15) is 0 Å². The van der Waals surface area contributed by atoms with Crippen molar-refractivity contribution in [1.29, 1.82) is 0 Å². The van der Waals surface area contributed by atoms with Crippen molar-refractivity contribution in [3.8, 4) is 0 Å². The van der Waals surface area contributed by atoms with E-state index in [0.29, 0.717) is 24.7 Å². The Hall–Kier alpha value is -2.07. The first kappa shape index (κ1) is 16.3. The maximum Gasteiger partial charge on any atom is 0.269 e. The Morgan fingerprint density at radius 2 is 1.91 bits per heavy atom. The highest BCUT2D eigenvalue weighted by Crippen LogP contribution is 2.12. The molecule has 1 aromatic heterocycles. The van der Waals surface area contributed by atoms with Gasteiger partial charge in [-0.05, 0) is 35.7 Å². The summed E-state index contributed by atoms with van der Waals surface area (Å²) >= 11 is 5.85. The zero-order valence-electron chi connectivity index (χ0n) is 12.8. The van der Waals surface area contributed by atoms with Crippen molar-refractivity contribution in [3.63, 3.8) is 0 Å². The summed E-state index contributed by atoms with van der Waals surface area (Å²) in [5, 5.41) is 6.83. The Labute approximate surface area is 135 Å². The molecular formula is C17H20ClN3O. The van der Waals surface area contributed by atoms with Crippen LogP contribution in [0, 0.1) is 5.92 Å². The van der Waals surface area contributed by atoms with Crippen molar-refractivity contribution >= 4 is 23.2 Å². The summed E-state index contributed by atoms with van der Waals surface area (Å²) in [6.45, 7) is 5.43. The third kappa shape index (κ3) is 5.04. The van der Waals surface area contributed by atoms with Gasteiger partial charge in [-0.25, -0.2) is 4.98 Å². The van der Waals surface area contributed by atoms with E-state index in [0.717, 1.165) is 16.3 Å². The molecule has 0 radical (unpaired) electrons. The molecular weight excluding hydrogens is 298 g/mol. The zero-order chi connectivity index (χ0) is 15.9. The van der Waals surface area contributed by atoms with Gasteiger partial charge in [-0.15, -0.1) is 0 Å². The molecule has 1 aromatic carbocycles. The molecule has 0 spiro atoms. The number of amides is 1. The van der Waals surface area contributed by atoms with Crippen molar-refractivity contribution in [2.45, 2.75) is 20.4 Å². The van der Waals surface area contributed by atoms with Gasteiger partial charge in [0.1, 0.15) is 5.69 Å². The summed E-state index contributed by atoms with van der Waals surface area (Å²) in [5.74, 6) is 0.280. The summed E-state index contributed by atoms with van der Waals surface area (Å²) in [7, 11) is 0. The van der Waals surface area contributed by atoms with E-state index < -0.39 is 0 Å². The van der Waals surface area contributed by atoms with E-state index in [1.807, 2.05) is 30.3 Å². The van der Waals surface area contributed by atoms with E-state index >= 15 is 0 Å². The SMILES string of the molecule is CC(C)CNC(=O)c1ccc(NCc2ccc(Cl)cc2)cn1. The lowest BCUT2D eigenvalue weighted by Gasteiger charge is -2.09. The summed E-state index contributed by atoms with van der Waals surface area (Å²) in [6, 6.07) is 11.2. The molecule has 22 heavy (non-hydrogen) atoms. The first-order valence-electron chi connectivity index (χ1n) is 7.27. The number of carbonyl (C=O) groups is 1. The highest BCUT2D eigenvalue weighted by molar-refractivity contribution is 6.30.